The molecule has 0 amide bonds. The minimum atomic E-state index is -0.120. The van der Waals surface area contributed by atoms with Gasteiger partial charge in [-0.2, -0.15) is 11.8 Å². The smallest absolute Gasteiger partial charge is 0.331 e. The zero-order valence-corrected chi connectivity index (χ0v) is 20.3. The van der Waals surface area contributed by atoms with Crippen LogP contribution in [0.3, 0.4) is 0 Å². The molecule has 5 rings (SSSR count). The Bertz CT molecular complexity index is 741. The van der Waals surface area contributed by atoms with E-state index in [1.54, 1.807) is 0 Å². The fourth-order valence-electron chi connectivity index (χ4n) is 8.90. The number of thioether (sulfide) groups is 1. The molecule has 0 spiro atoms. The Balaban J connectivity index is 1.28. The molecule has 0 bridgehead atoms. The van der Waals surface area contributed by atoms with Gasteiger partial charge in [0.1, 0.15) is 6.61 Å². The Morgan fingerprint density at radius 3 is 2.61 bits per heavy atom. The monoisotopic (exact) mass is 446 g/mol. The number of rotatable bonds is 5. The van der Waals surface area contributed by atoms with Crippen molar-refractivity contribution in [3.63, 3.8) is 0 Å². The van der Waals surface area contributed by atoms with E-state index in [1.807, 2.05) is 6.08 Å². The average Bonchev–Trinajstić information content (AvgIpc) is 3.34. The number of cyclic esters (lactones) is 1. The summed E-state index contributed by atoms with van der Waals surface area (Å²) in [5, 5.41) is 0.781. The van der Waals surface area contributed by atoms with Crippen LogP contribution in [-0.2, 0) is 9.53 Å². The van der Waals surface area contributed by atoms with Gasteiger partial charge in [0, 0.05) is 29.7 Å². The summed E-state index contributed by atoms with van der Waals surface area (Å²) in [6, 6.07) is 0.149. The van der Waals surface area contributed by atoms with Gasteiger partial charge in [-0.25, -0.2) is 4.79 Å². The van der Waals surface area contributed by atoms with Gasteiger partial charge >= 0.3 is 5.97 Å². The molecule has 1 unspecified atom stereocenters. The molecule has 4 saturated carbocycles. The molecule has 0 radical (unpaired) electrons. The Kier molecular flexibility index (Phi) is 6.01. The van der Waals surface area contributed by atoms with Crippen LogP contribution < -0.4 is 11.5 Å². The molecule has 4 N–H and O–H groups in total. The number of hydrogen-bond acceptors (Lipinski definition) is 5. The molecular weight excluding hydrogens is 404 g/mol. The molecule has 4 fully saturated rings. The second-order valence-electron chi connectivity index (χ2n) is 11.9. The summed E-state index contributed by atoms with van der Waals surface area (Å²) in [6.45, 7) is 6.36. The van der Waals surface area contributed by atoms with E-state index in [2.05, 4.69) is 25.6 Å². The Hall–Kier alpha value is -0.520. The molecular formula is C26H42N2O2S. The molecule has 4 aliphatic carbocycles. The summed E-state index contributed by atoms with van der Waals surface area (Å²) < 4.78 is 5.30. The van der Waals surface area contributed by atoms with Gasteiger partial charge in [-0.3, -0.25) is 0 Å². The third-order valence-corrected chi connectivity index (χ3v) is 12.1. The zero-order valence-electron chi connectivity index (χ0n) is 19.5. The van der Waals surface area contributed by atoms with Gasteiger partial charge in [-0.1, -0.05) is 13.8 Å². The summed E-state index contributed by atoms with van der Waals surface area (Å²) in [6.07, 6.45) is 14.1. The number of ether oxygens (including phenoxy) is 1. The van der Waals surface area contributed by atoms with Gasteiger partial charge in [0.25, 0.3) is 0 Å². The number of carbonyl (C=O) groups excluding carboxylic acids is 1. The highest BCUT2D eigenvalue weighted by Crippen LogP contribution is 2.68. The highest BCUT2D eigenvalue weighted by atomic mass is 32.2. The lowest BCUT2D eigenvalue weighted by atomic mass is 9.44. The fourth-order valence-corrected chi connectivity index (χ4v) is 10.2. The van der Waals surface area contributed by atoms with E-state index in [0.717, 1.165) is 34.7 Å². The quantitative estimate of drug-likeness (QED) is 0.607. The van der Waals surface area contributed by atoms with Crippen molar-refractivity contribution >= 4 is 17.7 Å². The first-order valence-electron chi connectivity index (χ1n) is 12.8. The largest absolute Gasteiger partial charge is 0.458 e. The van der Waals surface area contributed by atoms with Gasteiger partial charge in [0.05, 0.1) is 0 Å². The van der Waals surface area contributed by atoms with Gasteiger partial charge in [0.15, 0.2) is 0 Å². The molecule has 0 aromatic heterocycles. The van der Waals surface area contributed by atoms with Gasteiger partial charge in [-0.15, -0.1) is 0 Å². The minimum Gasteiger partial charge on any atom is -0.458 e. The molecule has 5 heteroatoms. The predicted molar refractivity (Wildman–Crippen MR) is 128 cm³/mol. The van der Waals surface area contributed by atoms with Crippen LogP contribution in [0.5, 0.6) is 0 Å². The van der Waals surface area contributed by atoms with Crippen LogP contribution in [0.1, 0.15) is 71.6 Å². The highest BCUT2D eigenvalue weighted by Gasteiger charge is 2.60. The molecule has 174 valence electrons. The molecule has 31 heavy (non-hydrogen) atoms. The number of hydrogen-bond donors (Lipinski definition) is 2. The summed E-state index contributed by atoms with van der Waals surface area (Å²) in [5.41, 5.74) is 14.0. The van der Waals surface area contributed by atoms with Crippen molar-refractivity contribution in [2.45, 2.75) is 82.9 Å². The first kappa shape index (κ1) is 22.3. The maximum absolute atomic E-state index is 11.7. The van der Waals surface area contributed by atoms with Crippen LogP contribution in [0, 0.1) is 40.4 Å². The predicted octanol–water partition coefficient (Wildman–Crippen LogP) is 4.52. The van der Waals surface area contributed by atoms with Crippen LogP contribution in [0.25, 0.3) is 0 Å². The Morgan fingerprint density at radius 1 is 1.10 bits per heavy atom. The molecule has 0 saturated heterocycles. The average molecular weight is 447 g/mol. The first-order chi connectivity index (χ1) is 14.8. The van der Waals surface area contributed by atoms with Gasteiger partial charge < -0.3 is 16.2 Å². The third-order valence-electron chi connectivity index (χ3n) is 10.6. The summed E-state index contributed by atoms with van der Waals surface area (Å²) in [4.78, 5) is 11.7. The SMILES string of the molecule is C[C@]12CC[C@H](SCC(N)CN)C[C@@H]1CC[C@@H]1[C@@H]2CC[C@]2(C)[C@@H](C3=CC(=O)OC3)CC[C@@H]12. The van der Waals surface area contributed by atoms with E-state index in [1.165, 1.54) is 63.4 Å². The van der Waals surface area contributed by atoms with Gasteiger partial charge in [0.2, 0.25) is 0 Å². The minimum absolute atomic E-state index is 0.120. The molecule has 4 nitrogen and oxygen atoms in total. The van der Waals surface area contributed by atoms with Crippen LogP contribution in [-0.4, -0.2) is 36.2 Å². The second-order valence-corrected chi connectivity index (χ2v) is 13.2. The highest BCUT2D eigenvalue weighted by molar-refractivity contribution is 7.99. The Labute approximate surface area is 192 Å². The lowest BCUT2D eigenvalue weighted by molar-refractivity contribution is -0.135. The van der Waals surface area contributed by atoms with E-state index < -0.39 is 0 Å². The van der Waals surface area contributed by atoms with E-state index in [9.17, 15) is 4.79 Å². The first-order valence-corrected chi connectivity index (χ1v) is 13.8. The lowest BCUT2D eigenvalue weighted by Gasteiger charge is -2.61. The maximum atomic E-state index is 11.7. The van der Waals surface area contributed by atoms with E-state index in [4.69, 9.17) is 16.2 Å². The van der Waals surface area contributed by atoms with Crippen LogP contribution in [0.2, 0.25) is 0 Å². The molecule has 1 aliphatic heterocycles. The maximum Gasteiger partial charge on any atom is 0.331 e. The van der Waals surface area contributed by atoms with E-state index in [0.29, 0.717) is 29.9 Å². The van der Waals surface area contributed by atoms with Crippen molar-refractivity contribution in [3.8, 4) is 0 Å². The molecule has 0 aromatic carbocycles. The van der Waals surface area contributed by atoms with Crippen molar-refractivity contribution in [3.05, 3.63) is 11.6 Å². The van der Waals surface area contributed by atoms with Crippen molar-refractivity contribution in [2.24, 2.45) is 51.9 Å². The number of esters is 1. The van der Waals surface area contributed by atoms with E-state index in [-0.39, 0.29) is 12.0 Å². The van der Waals surface area contributed by atoms with Crippen LogP contribution in [0.15, 0.2) is 11.6 Å². The zero-order chi connectivity index (χ0) is 21.8. The standard InChI is InChI=1S/C26H42N2O2S/c1-25-9-7-19(31-15-18(28)13-27)12-17(25)3-4-20-22-6-5-21(16-11-24(29)30-14-16)26(22,2)10-8-23(20)25/h11,17-23H,3-10,12-15,27-28H2,1-2H3/t17-,18?,19-,20-,21+,22-,23-,25-,26+/m0/s1. The van der Waals surface area contributed by atoms with Crippen LogP contribution >= 0.6 is 11.8 Å². The Morgan fingerprint density at radius 2 is 1.87 bits per heavy atom. The van der Waals surface area contributed by atoms with Crippen molar-refractivity contribution < 1.29 is 9.53 Å². The third kappa shape index (κ3) is 3.71. The number of fused-ring (bicyclic) bond motifs is 5. The number of carbonyl (C=O) groups is 1. The van der Waals surface area contributed by atoms with Crippen molar-refractivity contribution in [1.29, 1.82) is 0 Å². The van der Waals surface area contributed by atoms with Gasteiger partial charge in [-0.05, 0) is 104 Å². The summed E-state index contributed by atoms with van der Waals surface area (Å²) in [5.74, 6) is 4.97. The molecule has 9 atom stereocenters. The fraction of sp³-hybridized carbons (Fsp3) is 0.885. The summed E-state index contributed by atoms with van der Waals surface area (Å²) in [7, 11) is 0. The molecule has 1 heterocycles. The van der Waals surface area contributed by atoms with E-state index >= 15 is 0 Å². The van der Waals surface area contributed by atoms with Crippen molar-refractivity contribution in [2.75, 3.05) is 18.9 Å². The second kappa shape index (κ2) is 8.36. The normalized spacial score (nSPS) is 47.7. The topological polar surface area (TPSA) is 78.3 Å². The molecule has 0 aromatic rings. The van der Waals surface area contributed by atoms with Crippen molar-refractivity contribution in [1.82, 2.24) is 0 Å². The lowest BCUT2D eigenvalue weighted by Crippen LogP contribution is -2.53. The number of nitrogens with two attached hydrogens (primary N) is 2. The molecule has 5 aliphatic rings. The summed E-state index contributed by atoms with van der Waals surface area (Å²) >= 11 is 2.09. The van der Waals surface area contributed by atoms with Crippen LogP contribution in [0.4, 0.5) is 0 Å².